The Balaban J connectivity index is 1.78. The highest BCUT2D eigenvalue weighted by Crippen LogP contribution is 2.39. The summed E-state index contributed by atoms with van der Waals surface area (Å²) in [6.45, 7) is 0.0806. The molecule has 0 aromatic heterocycles. The number of rotatable bonds is 5. The molecule has 0 radical (unpaired) electrons. The molecule has 1 fully saturated rings. The maximum atomic E-state index is 13.3. The zero-order valence-corrected chi connectivity index (χ0v) is 17.7. The summed E-state index contributed by atoms with van der Waals surface area (Å²) in [5.74, 6) is 1.08. The van der Waals surface area contributed by atoms with Crippen molar-refractivity contribution in [2.24, 2.45) is 0 Å². The molecule has 31 heavy (non-hydrogen) atoms. The summed E-state index contributed by atoms with van der Waals surface area (Å²) in [5.41, 5.74) is 0.699. The Morgan fingerprint density at radius 3 is 2.39 bits per heavy atom. The number of hydrogen-bond acceptors (Lipinski definition) is 8. The second kappa shape index (κ2) is 8.15. The van der Waals surface area contributed by atoms with Gasteiger partial charge in [-0.2, -0.15) is 0 Å². The number of anilines is 1. The van der Waals surface area contributed by atoms with Crippen LogP contribution >= 0.6 is 12.2 Å². The highest BCUT2D eigenvalue weighted by molar-refractivity contribution is 7.80. The van der Waals surface area contributed by atoms with Crippen molar-refractivity contribution in [2.45, 2.75) is 0 Å². The van der Waals surface area contributed by atoms with Crippen LogP contribution in [0.4, 0.5) is 5.69 Å². The summed E-state index contributed by atoms with van der Waals surface area (Å²) >= 11 is 5.26. The van der Waals surface area contributed by atoms with Crippen LogP contribution in [-0.4, -0.2) is 45.0 Å². The van der Waals surface area contributed by atoms with Gasteiger partial charge in [0.15, 0.2) is 16.6 Å². The number of nitrogens with zero attached hydrogens (tertiary/aromatic N) is 1. The number of fused-ring (bicyclic) bond motifs is 1. The Labute approximate surface area is 183 Å². The molecule has 0 saturated carbocycles. The lowest BCUT2D eigenvalue weighted by Crippen LogP contribution is -2.54. The molecule has 1 saturated heterocycles. The molecule has 4 rings (SSSR count). The Morgan fingerprint density at radius 1 is 1.00 bits per heavy atom. The molecule has 0 atom stereocenters. The fourth-order valence-electron chi connectivity index (χ4n) is 3.23. The predicted molar refractivity (Wildman–Crippen MR) is 115 cm³/mol. The number of carbonyl (C=O) groups excluding carboxylic acids is 2. The summed E-state index contributed by atoms with van der Waals surface area (Å²) in [6.07, 6.45) is 1.42. The van der Waals surface area contributed by atoms with E-state index in [0.29, 0.717) is 40.0 Å². The van der Waals surface area contributed by atoms with Crippen molar-refractivity contribution in [1.82, 2.24) is 5.32 Å². The molecular weight excluding hydrogens is 424 g/mol. The Morgan fingerprint density at radius 2 is 1.71 bits per heavy atom. The smallest absolute Gasteiger partial charge is 0.270 e. The molecule has 2 aromatic carbocycles. The Hall–Kier alpha value is -3.79. The molecule has 10 heteroatoms. The summed E-state index contributed by atoms with van der Waals surface area (Å²) in [6, 6.07) is 8.17. The monoisotopic (exact) mass is 442 g/mol. The van der Waals surface area contributed by atoms with E-state index in [4.69, 9.17) is 35.9 Å². The van der Waals surface area contributed by atoms with E-state index in [1.807, 2.05) is 0 Å². The van der Waals surface area contributed by atoms with Gasteiger partial charge in [0.05, 0.1) is 27.0 Å². The van der Waals surface area contributed by atoms with Gasteiger partial charge in [0, 0.05) is 17.7 Å². The largest absolute Gasteiger partial charge is 0.497 e. The van der Waals surface area contributed by atoms with Crippen molar-refractivity contribution in [1.29, 1.82) is 0 Å². The predicted octanol–water partition coefficient (Wildman–Crippen LogP) is 2.27. The molecule has 2 aliphatic rings. The molecule has 2 amide bonds. The first kappa shape index (κ1) is 20.5. The minimum atomic E-state index is -0.626. The van der Waals surface area contributed by atoms with Crippen LogP contribution in [0, 0.1) is 0 Å². The summed E-state index contributed by atoms with van der Waals surface area (Å²) in [4.78, 5) is 27.1. The average molecular weight is 442 g/mol. The highest BCUT2D eigenvalue weighted by atomic mass is 32.1. The third kappa shape index (κ3) is 3.61. The molecule has 0 aliphatic carbocycles. The van der Waals surface area contributed by atoms with E-state index in [1.54, 1.807) is 30.3 Å². The molecular formula is C21H18N2O7S. The number of ether oxygens (including phenoxy) is 5. The third-order valence-electron chi connectivity index (χ3n) is 4.75. The summed E-state index contributed by atoms with van der Waals surface area (Å²) < 4.78 is 26.7. The van der Waals surface area contributed by atoms with Crippen molar-refractivity contribution < 1.29 is 33.3 Å². The van der Waals surface area contributed by atoms with Crippen LogP contribution in [0.3, 0.4) is 0 Å². The topological polar surface area (TPSA) is 95.6 Å². The number of thiocarbonyl (C=S) groups is 1. The lowest BCUT2D eigenvalue weighted by Gasteiger charge is -2.30. The molecule has 160 valence electrons. The maximum absolute atomic E-state index is 13.3. The van der Waals surface area contributed by atoms with Crippen molar-refractivity contribution in [3.63, 3.8) is 0 Å². The quantitative estimate of drug-likeness (QED) is 0.428. The third-order valence-corrected chi connectivity index (χ3v) is 5.04. The van der Waals surface area contributed by atoms with Crippen LogP contribution in [0.1, 0.15) is 5.56 Å². The van der Waals surface area contributed by atoms with Gasteiger partial charge in [-0.1, -0.05) is 0 Å². The van der Waals surface area contributed by atoms with E-state index >= 15 is 0 Å². The van der Waals surface area contributed by atoms with Gasteiger partial charge in [-0.05, 0) is 36.5 Å². The zero-order valence-electron chi connectivity index (χ0n) is 16.9. The zero-order chi connectivity index (χ0) is 22.1. The molecule has 2 heterocycles. The lowest BCUT2D eigenvalue weighted by atomic mass is 10.1. The Bertz CT molecular complexity index is 1130. The summed E-state index contributed by atoms with van der Waals surface area (Å²) in [7, 11) is 4.46. The van der Waals surface area contributed by atoms with Gasteiger partial charge in [-0.25, -0.2) is 4.90 Å². The average Bonchev–Trinajstić information content (AvgIpc) is 3.23. The molecule has 9 nitrogen and oxygen atoms in total. The van der Waals surface area contributed by atoms with Crippen LogP contribution in [0.25, 0.3) is 6.08 Å². The number of amides is 2. The first-order valence-electron chi connectivity index (χ1n) is 9.08. The first-order valence-corrected chi connectivity index (χ1v) is 9.48. The SMILES string of the molecule is COc1ccc(N2C(=O)/C(=C/c3cc4c(cc3OC)OCO4)C(=O)NC2=S)c(OC)c1. The van der Waals surface area contributed by atoms with Gasteiger partial charge in [0.1, 0.15) is 22.8 Å². The number of benzene rings is 2. The van der Waals surface area contributed by atoms with E-state index in [1.165, 1.54) is 32.3 Å². The molecule has 1 N–H and O–H groups in total. The van der Waals surface area contributed by atoms with Crippen LogP contribution < -0.4 is 33.9 Å². The van der Waals surface area contributed by atoms with Crippen LogP contribution in [-0.2, 0) is 9.59 Å². The van der Waals surface area contributed by atoms with Gasteiger partial charge in [0.25, 0.3) is 11.8 Å². The molecule has 2 aliphatic heterocycles. The first-order chi connectivity index (χ1) is 15.0. The highest BCUT2D eigenvalue weighted by Gasteiger charge is 2.36. The Kier molecular flexibility index (Phi) is 5.38. The van der Waals surface area contributed by atoms with E-state index < -0.39 is 11.8 Å². The second-order valence-corrected chi connectivity index (χ2v) is 6.83. The van der Waals surface area contributed by atoms with E-state index in [2.05, 4.69) is 5.32 Å². The molecule has 0 bridgehead atoms. The van der Waals surface area contributed by atoms with Crippen molar-refractivity contribution in [2.75, 3.05) is 33.0 Å². The molecule has 0 unspecified atom stereocenters. The number of carbonyl (C=O) groups is 2. The van der Waals surface area contributed by atoms with Crippen LogP contribution in [0.2, 0.25) is 0 Å². The number of methoxy groups -OCH3 is 3. The minimum absolute atomic E-state index is 0.0618. The van der Waals surface area contributed by atoms with Gasteiger partial charge in [-0.15, -0.1) is 0 Å². The van der Waals surface area contributed by atoms with E-state index in [0.717, 1.165) is 0 Å². The molecule has 2 aromatic rings. The second-order valence-electron chi connectivity index (χ2n) is 6.44. The van der Waals surface area contributed by atoms with Crippen LogP contribution in [0.5, 0.6) is 28.7 Å². The standard InChI is InChI=1S/C21H18N2O7S/c1-26-12-4-5-14(16(8-12)28-3)23-20(25)13(19(24)22-21(23)31)6-11-7-17-18(30-10-29-17)9-15(11)27-2/h4-9H,10H2,1-3H3,(H,22,24,31)/b13-6+. The fourth-order valence-corrected chi connectivity index (χ4v) is 3.50. The summed E-state index contributed by atoms with van der Waals surface area (Å²) in [5, 5.41) is 2.48. The number of nitrogens with one attached hydrogen (secondary N) is 1. The number of hydrogen-bond donors (Lipinski definition) is 1. The van der Waals surface area contributed by atoms with Crippen LogP contribution in [0.15, 0.2) is 35.9 Å². The van der Waals surface area contributed by atoms with Gasteiger partial charge in [0.2, 0.25) is 6.79 Å². The van der Waals surface area contributed by atoms with Gasteiger partial charge < -0.3 is 23.7 Å². The van der Waals surface area contributed by atoms with Crippen molar-refractivity contribution >= 4 is 40.9 Å². The molecule has 0 spiro atoms. The fraction of sp³-hybridized carbons (Fsp3) is 0.190. The van der Waals surface area contributed by atoms with E-state index in [-0.39, 0.29) is 17.5 Å². The maximum Gasteiger partial charge on any atom is 0.270 e. The van der Waals surface area contributed by atoms with Gasteiger partial charge in [-0.3, -0.25) is 14.9 Å². The van der Waals surface area contributed by atoms with E-state index in [9.17, 15) is 9.59 Å². The minimum Gasteiger partial charge on any atom is -0.497 e. The van der Waals surface area contributed by atoms with Crippen molar-refractivity contribution in [3.05, 3.63) is 41.5 Å². The normalized spacial score (nSPS) is 16.4. The van der Waals surface area contributed by atoms with Gasteiger partial charge >= 0.3 is 0 Å². The van der Waals surface area contributed by atoms with Crippen molar-refractivity contribution in [3.8, 4) is 28.7 Å². The lowest BCUT2D eigenvalue weighted by molar-refractivity contribution is -0.122.